The van der Waals surface area contributed by atoms with Crippen LogP contribution in [0.5, 0.6) is 0 Å². The molecule has 3 nitrogen and oxygen atoms in total. The average Bonchev–Trinajstić information content (AvgIpc) is 2.40. The molecule has 0 fully saturated rings. The van der Waals surface area contributed by atoms with Crippen molar-refractivity contribution in [1.29, 1.82) is 0 Å². The lowest BCUT2D eigenvalue weighted by Gasteiger charge is -2.28. The van der Waals surface area contributed by atoms with Crippen molar-refractivity contribution in [2.75, 3.05) is 24.7 Å². The van der Waals surface area contributed by atoms with Gasteiger partial charge in [0.05, 0.1) is 6.61 Å². The van der Waals surface area contributed by atoms with Gasteiger partial charge in [0.2, 0.25) is 0 Å². The van der Waals surface area contributed by atoms with E-state index in [1.54, 1.807) is 0 Å². The molecule has 0 saturated heterocycles. The van der Waals surface area contributed by atoms with Crippen LogP contribution in [0.4, 0.5) is 0 Å². The van der Waals surface area contributed by atoms with Crippen LogP contribution in [0.3, 0.4) is 0 Å². The Labute approximate surface area is 123 Å². The summed E-state index contributed by atoms with van der Waals surface area (Å²) in [7, 11) is 0. The van der Waals surface area contributed by atoms with Crippen molar-refractivity contribution in [3.05, 3.63) is 0 Å². The second-order valence-electron chi connectivity index (χ2n) is 5.05. The standard InChI is InChI=1S/C15H31NO2S/c1-5-8-9-12-19-13-10-15(4,16-11-6-2)14(17)18-7-3/h16H,5-13H2,1-4H3. The van der Waals surface area contributed by atoms with E-state index < -0.39 is 5.54 Å². The van der Waals surface area contributed by atoms with Gasteiger partial charge in [0.1, 0.15) is 5.54 Å². The lowest BCUT2D eigenvalue weighted by atomic mass is 9.99. The lowest BCUT2D eigenvalue weighted by Crippen LogP contribution is -2.51. The summed E-state index contributed by atoms with van der Waals surface area (Å²) in [4.78, 5) is 12.0. The topological polar surface area (TPSA) is 38.3 Å². The Hall–Kier alpha value is -0.220. The Balaban J connectivity index is 4.08. The fourth-order valence-electron chi connectivity index (χ4n) is 1.79. The van der Waals surface area contributed by atoms with Gasteiger partial charge in [0.15, 0.2) is 0 Å². The third-order valence-electron chi connectivity index (χ3n) is 3.13. The molecule has 0 bridgehead atoms. The van der Waals surface area contributed by atoms with Gasteiger partial charge in [-0.2, -0.15) is 11.8 Å². The monoisotopic (exact) mass is 289 g/mol. The first kappa shape index (κ1) is 18.8. The number of unbranched alkanes of at least 4 members (excludes halogenated alkanes) is 2. The van der Waals surface area contributed by atoms with Crippen LogP contribution in [-0.2, 0) is 9.53 Å². The molecule has 19 heavy (non-hydrogen) atoms. The van der Waals surface area contributed by atoms with Crippen LogP contribution >= 0.6 is 11.8 Å². The molecule has 0 aromatic rings. The summed E-state index contributed by atoms with van der Waals surface area (Å²) < 4.78 is 5.19. The highest BCUT2D eigenvalue weighted by Crippen LogP contribution is 2.17. The van der Waals surface area contributed by atoms with Crippen molar-refractivity contribution in [2.45, 2.75) is 65.3 Å². The lowest BCUT2D eigenvalue weighted by molar-refractivity contribution is -0.150. The van der Waals surface area contributed by atoms with Gasteiger partial charge in [-0.3, -0.25) is 4.79 Å². The molecule has 0 spiro atoms. The maximum absolute atomic E-state index is 12.0. The molecule has 1 atom stereocenters. The molecule has 0 aromatic carbocycles. The van der Waals surface area contributed by atoms with Crippen LogP contribution in [0, 0.1) is 0 Å². The number of thioether (sulfide) groups is 1. The molecule has 0 amide bonds. The number of nitrogens with one attached hydrogen (secondary N) is 1. The summed E-state index contributed by atoms with van der Waals surface area (Å²) in [6, 6.07) is 0. The molecule has 0 aliphatic carbocycles. The highest BCUT2D eigenvalue weighted by Gasteiger charge is 2.33. The van der Waals surface area contributed by atoms with Gasteiger partial charge in [-0.15, -0.1) is 0 Å². The van der Waals surface area contributed by atoms with Crippen molar-refractivity contribution in [3.63, 3.8) is 0 Å². The van der Waals surface area contributed by atoms with Gasteiger partial charge in [-0.25, -0.2) is 0 Å². The Morgan fingerprint density at radius 2 is 1.89 bits per heavy atom. The van der Waals surface area contributed by atoms with E-state index in [9.17, 15) is 4.79 Å². The molecule has 0 heterocycles. The second kappa shape index (κ2) is 11.6. The van der Waals surface area contributed by atoms with E-state index in [0.29, 0.717) is 6.61 Å². The fraction of sp³-hybridized carbons (Fsp3) is 0.933. The van der Waals surface area contributed by atoms with E-state index in [2.05, 4.69) is 19.2 Å². The van der Waals surface area contributed by atoms with Crippen molar-refractivity contribution >= 4 is 17.7 Å². The van der Waals surface area contributed by atoms with Gasteiger partial charge in [-0.05, 0) is 51.2 Å². The maximum atomic E-state index is 12.0. The highest BCUT2D eigenvalue weighted by atomic mass is 32.2. The average molecular weight is 289 g/mol. The van der Waals surface area contributed by atoms with E-state index in [1.165, 1.54) is 25.0 Å². The van der Waals surface area contributed by atoms with Gasteiger partial charge in [0.25, 0.3) is 0 Å². The summed E-state index contributed by atoms with van der Waals surface area (Å²) in [5.74, 6) is 2.09. The molecule has 0 radical (unpaired) electrons. The molecule has 4 heteroatoms. The zero-order chi connectivity index (χ0) is 14.6. The van der Waals surface area contributed by atoms with Crippen LogP contribution in [0.1, 0.15) is 59.8 Å². The van der Waals surface area contributed by atoms with Crippen molar-refractivity contribution in [3.8, 4) is 0 Å². The summed E-state index contributed by atoms with van der Waals surface area (Å²) in [5.41, 5.74) is -0.524. The van der Waals surface area contributed by atoms with E-state index in [1.807, 2.05) is 25.6 Å². The van der Waals surface area contributed by atoms with E-state index >= 15 is 0 Å². The largest absolute Gasteiger partial charge is 0.465 e. The van der Waals surface area contributed by atoms with Crippen molar-refractivity contribution in [2.24, 2.45) is 0 Å². The SMILES string of the molecule is CCCCCSCCC(C)(NCCC)C(=O)OCC. The number of carbonyl (C=O) groups is 1. The summed E-state index contributed by atoms with van der Waals surface area (Å²) >= 11 is 1.94. The first-order valence-corrected chi connectivity index (χ1v) is 8.76. The molecule has 0 aliphatic heterocycles. The number of rotatable bonds is 12. The van der Waals surface area contributed by atoms with Gasteiger partial charge in [0, 0.05) is 0 Å². The summed E-state index contributed by atoms with van der Waals surface area (Å²) in [6.45, 7) is 9.46. The molecule has 0 aromatic heterocycles. The molecule has 1 N–H and O–H groups in total. The van der Waals surface area contributed by atoms with Crippen LogP contribution in [-0.4, -0.2) is 36.2 Å². The fourth-order valence-corrected chi connectivity index (χ4v) is 2.95. The summed E-state index contributed by atoms with van der Waals surface area (Å²) in [5, 5.41) is 3.34. The van der Waals surface area contributed by atoms with Gasteiger partial charge in [-0.1, -0.05) is 26.7 Å². The second-order valence-corrected chi connectivity index (χ2v) is 6.27. The first-order chi connectivity index (χ1) is 9.10. The van der Waals surface area contributed by atoms with Crippen molar-refractivity contribution in [1.82, 2.24) is 5.32 Å². The van der Waals surface area contributed by atoms with E-state index in [0.717, 1.165) is 25.1 Å². The van der Waals surface area contributed by atoms with E-state index in [-0.39, 0.29) is 5.97 Å². The molecule has 0 aliphatic rings. The normalized spacial score (nSPS) is 14.1. The van der Waals surface area contributed by atoms with Crippen molar-refractivity contribution < 1.29 is 9.53 Å². The third kappa shape index (κ3) is 8.53. The van der Waals surface area contributed by atoms with Crippen LogP contribution < -0.4 is 5.32 Å². The van der Waals surface area contributed by atoms with Crippen LogP contribution in [0.15, 0.2) is 0 Å². The molecule has 114 valence electrons. The minimum atomic E-state index is -0.524. The molecule has 1 unspecified atom stereocenters. The Bertz CT molecular complexity index is 236. The quantitative estimate of drug-likeness (QED) is 0.440. The number of hydrogen-bond donors (Lipinski definition) is 1. The molecular weight excluding hydrogens is 258 g/mol. The smallest absolute Gasteiger partial charge is 0.326 e. The minimum Gasteiger partial charge on any atom is -0.465 e. The summed E-state index contributed by atoms with van der Waals surface area (Å²) in [6.07, 6.45) is 5.70. The Morgan fingerprint density at radius 3 is 2.47 bits per heavy atom. The third-order valence-corrected chi connectivity index (χ3v) is 4.20. The predicted octanol–water partition coefficient (Wildman–Crippen LogP) is 3.62. The zero-order valence-electron chi connectivity index (χ0n) is 13.1. The minimum absolute atomic E-state index is 0.113. The highest BCUT2D eigenvalue weighted by molar-refractivity contribution is 7.99. The molecule has 0 rings (SSSR count). The number of hydrogen-bond acceptors (Lipinski definition) is 4. The van der Waals surface area contributed by atoms with E-state index in [4.69, 9.17) is 4.74 Å². The van der Waals surface area contributed by atoms with Crippen LogP contribution in [0.25, 0.3) is 0 Å². The first-order valence-electron chi connectivity index (χ1n) is 7.60. The maximum Gasteiger partial charge on any atom is 0.326 e. The zero-order valence-corrected chi connectivity index (χ0v) is 13.9. The number of carbonyl (C=O) groups excluding carboxylic acids is 1. The number of esters is 1. The molecular formula is C15H31NO2S. The Morgan fingerprint density at radius 1 is 1.16 bits per heavy atom. The van der Waals surface area contributed by atoms with Gasteiger partial charge < -0.3 is 10.1 Å². The predicted molar refractivity (Wildman–Crippen MR) is 84.8 cm³/mol. The van der Waals surface area contributed by atoms with Gasteiger partial charge >= 0.3 is 5.97 Å². The Kier molecular flexibility index (Phi) is 11.5. The van der Waals surface area contributed by atoms with Crippen LogP contribution in [0.2, 0.25) is 0 Å². The number of ether oxygens (including phenoxy) is 1. The molecule has 0 saturated carbocycles.